The van der Waals surface area contributed by atoms with Crippen LogP contribution in [0.4, 0.5) is 0 Å². The van der Waals surface area contributed by atoms with Crippen LogP contribution in [0, 0.1) is 6.92 Å². The third-order valence-corrected chi connectivity index (χ3v) is 3.84. The van der Waals surface area contributed by atoms with E-state index < -0.39 is 5.97 Å². The lowest BCUT2D eigenvalue weighted by Gasteiger charge is -2.05. The summed E-state index contributed by atoms with van der Waals surface area (Å²) in [6.07, 6.45) is 0. The number of fused-ring (bicyclic) bond motifs is 2. The van der Waals surface area contributed by atoms with Crippen LogP contribution in [-0.4, -0.2) is 12.8 Å². The molecule has 0 spiro atoms. The molecule has 3 aromatic rings. The summed E-state index contributed by atoms with van der Waals surface area (Å²) in [7, 11) is 0. The molecule has 116 valence electrons. The second-order valence-corrected chi connectivity index (χ2v) is 5.32. The highest BCUT2D eigenvalue weighted by molar-refractivity contribution is 5.95. The maximum atomic E-state index is 12.3. The Morgan fingerprint density at radius 1 is 1.13 bits per heavy atom. The van der Waals surface area contributed by atoms with Crippen LogP contribution in [0.25, 0.3) is 11.0 Å². The third-order valence-electron chi connectivity index (χ3n) is 3.84. The van der Waals surface area contributed by atoms with Gasteiger partial charge in [-0.3, -0.25) is 0 Å². The molecule has 1 aliphatic rings. The number of benzene rings is 2. The van der Waals surface area contributed by atoms with E-state index in [-0.39, 0.29) is 19.2 Å². The first-order chi connectivity index (χ1) is 11.2. The summed E-state index contributed by atoms with van der Waals surface area (Å²) in [5, 5.41) is 0.919. The third kappa shape index (κ3) is 2.40. The Labute approximate surface area is 132 Å². The minimum absolute atomic E-state index is 0.145. The number of aryl methyl sites for hydroxylation is 1. The fourth-order valence-electron chi connectivity index (χ4n) is 2.61. The molecule has 0 fully saturated rings. The van der Waals surface area contributed by atoms with Crippen molar-refractivity contribution >= 4 is 16.9 Å². The van der Waals surface area contributed by atoms with E-state index in [0.29, 0.717) is 17.1 Å². The van der Waals surface area contributed by atoms with Crippen LogP contribution < -0.4 is 9.47 Å². The molecule has 0 unspecified atom stereocenters. The van der Waals surface area contributed by atoms with E-state index >= 15 is 0 Å². The average Bonchev–Trinajstić information content (AvgIpc) is 3.17. The second-order valence-electron chi connectivity index (χ2n) is 5.32. The van der Waals surface area contributed by atoms with E-state index in [2.05, 4.69) is 0 Å². The molecule has 1 aromatic heterocycles. The molecular formula is C18H14O5. The number of carbonyl (C=O) groups excluding carboxylic acids is 1. The average molecular weight is 310 g/mol. The number of hydrogen-bond acceptors (Lipinski definition) is 5. The van der Waals surface area contributed by atoms with Gasteiger partial charge in [0, 0.05) is 10.9 Å². The molecule has 0 amide bonds. The van der Waals surface area contributed by atoms with Crippen LogP contribution >= 0.6 is 0 Å². The van der Waals surface area contributed by atoms with Crippen molar-refractivity contribution in [3.8, 4) is 11.5 Å². The zero-order valence-corrected chi connectivity index (χ0v) is 12.5. The fourth-order valence-corrected chi connectivity index (χ4v) is 2.61. The largest absolute Gasteiger partial charge is 0.455 e. The Kier molecular flexibility index (Phi) is 3.19. The summed E-state index contributed by atoms with van der Waals surface area (Å²) < 4.78 is 21.5. The van der Waals surface area contributed by atoms with Gasteiger partial charge < -0.3 is 18.6 Å². The molecule has 1 aliphatic heterocycles. The van der Waals surface area contributed by atoms with E-state index in [0.717, 1.165) is 16.5 Å². The van der Waals surface area contributed by atoms with Gasteiger partial charge in [0.25, 0.3) is 0 Å². The van der Waals surface area contributed by atoms with Crippen molar-refractivity contribution in [1.82, 2.24) is 0 Å². The molecule has 0 atom stereocenters. The summed E-state index contributed by atoms with van der Waals surface area (Å²) in [5.41, 5.74) is 2.30. The predicted molar refractivity (Wildman–Crippen MR) is 82.6 cm³/mol. The summed E-state index contributed by atoms with van der Waals surface area (Å²) >= 11 is 0. The highest BCUT2D eigenvalue weighted by Crippen LogP contribution is 2.33. The zero-order valence-electron chi connectivity index (χ0n) is 12.5. The first-order valence-electron chi connectivity index (χ1n) is 7.26. The Morgan fingerprint density at radius 3 is 2.83 bits per heavy atom. The van der Waals surface area contributed by atoms with Crippen molar-refractivity contribution in [2.75, 3.05) is 6.79 Å². The minimum Gasteiger partial charge on any atom is -0.455 e. The van der Waals surface area contributed by atoms with E-state index in [1.165, 1.54) is 0 Å². The van der Waals surface area contributed by atoms with Crippen molar-refractivity contribution in [2.45, 2.75) is 13.5 Å². The summed E-state index contributed by atoms with van der Waals surface area (Å²) in [5.74, 6) is 1.13. The van der Waals surface area contributed by atoms with Gasteiger partial charge in [-0.2, -0.15) is 0 Å². The monoisotopic (exact) mass is 310 g/mol. The molecule has 5 nitrogen and oxygen atoms in total. The number of furan rings is 1. The van der Waals surface area contributed by atoms with Crippen LogP contribution in [-0.2, 0) is 11.3 Å². The maximum absolute atomic E-state index is 12.3. The lowest BCUT2D eigenvalue weighted by atomic mass is 10.1. The fraction of sp³-hybridized carbons (Fsp3) is 0.167. The van der Waals surface area contributed by atoms with E-state index in [1.54, 1.807) is 12.1 Å². The molecule has 4 rings (SSSR count). The Morgan fingerprint density at radius 2 is 1.96 bits per heavy atom. The van der Waals surface area contributed by atoms with Crippen molar-refractivity contribution in [2.24, 2.45) is 0 Å². The normalized spacial score (nSPS) is 12.6. The first kappa shape index (κ1) is 13.7. The topological polar surface area (TPSA) is 57.9 Å². The van der Waals surface area contributed by atoms with Gasteiger partial charge in [0.2, 0.25) is 12.6 Å². The maximum Gasteiger partial charge on any atom is 0.374 e. The molecule has 23 heavy (non-hydrogen) atoms. The van der Waals surface area contributed by atoms with Crippen molar-refractivity contribution < 1.29 is 23.4 Å². The lowest BCUT2D eigenvalue weighted by Crippen LogP contribution is -2.05. The number of carbonyl (C=O) groups is 1. The van der Waals surface area contributed by atoms with Crippen molar-refractivity contribution in [1.29, 1.82) is 0 Å². The summed E-state index contributed by atoms with van der Waals surface area (Å²) in [6.45, 7) is 2.21. The molecule has 2 heterocycles. The number of esters is 1. The van der Waals surface area contributed by atoms with E-state index in [4.69, 9.17) is 18.6 Å². The predicted octanol–water partition coefficient (Wildman–Crippen LogP) is 3.83. The Hall–Kier alpha value is -2.95. The number of ether oxygens (including phenoxy) is 3. The standard InChI is InChI=1S/C18H14O5/c1-11-13-4-2-3-5-14(13)23-17(11)18(19)20-9-12-6-7-15-16(8-12)22-10-21-15/h2-8H,9-10H2,1H3. The van der Waals surface area contributed by atoms with Crippen LogP contribution in [0.3, 0.4) is 0 Å². The first-order valence-corrected chi connectivity index (χ1v) is 7.26. The number of rotatable bonds is 3. The van der Waals surface area contributed by atoms with Gasteiger partial charge in [0.15, 0.2) is 11.5 Å². The molecule has 0 radical (unpaired) electrons. The Balaban J connectivity index is 1.52. The van der Waals surface area contributed by atoms with Crippen molar-refractivity contribution in [3.05, 3.63) is 59.4 Å². The molecule has 0 saturated carbocycles. The van der Waals surface area contributed by atoms with Gasteiger partial charge in [-0.1, -0.05) is 24.3 Å². The number of hydrogen-bond donors (Lipinski definition) is 0. The lowest BCUT2D eigenvalue weighted by molar-refractivity contribution is 0.0437. The SMILES string of the molecule is Cc1c(C(=O)OCc2ccc3c(c2)OCO3)oc2ccccc12. The molecule has 2 aromatic carbocycles. The molecule has 0 saturated heterocycles. The Bertz CT molecular complexity index is 894. The van der Waals surface area contributed by atoms with Crippen LogP contribution in [0.2, 0.25) is 0 Å². The van der Waals surface area contributed by atoms with E-state index in [9.17, 15) is 4.79 Å². The van der Waals surface area contributed by atoms with Crippen LogP contribution in [0.1, 0.15) is 21.7 Å². The van der Waals surface area contributed by atoms with Gasteiger partial charge in [0.05, 0.1) is 0 Å². The van der Waals surface area contributed by atoms with E-state index in [1.807, 2.05) is 37.3 Å². The van der Waals surface area contributed by atoms with Crippen LogP contribution in [0.5, 0.6) is 11.5 Å². The molecular weight excluding hydrogens is 296 g/mol. The summed E-state index contributed by atoms with van der Waals surface area (Å²) in [4.78, 5) is 12.3. The van der Waals surface area contributed by atoms with Crippen molar-refractivity contribution in [3.63, 3.8) is 0 Å². The zero-order chi connectivity index (χ0) is 15.8. The number of para-hydroxylation sites is 1. The highest BCUT2D eigenvalue weighted by atomic mass is 16.7. The van der Waals surface area contributed by atoms with Gasteiger partial charge in [-0.15, -0.1) is 0 Å². The molecule has 0 bridgehead atoms. The minimum atomic E-state index is -0.476. The van der Waals surface area contributed by atoms with Crippen LogP contribution in [0.15, 0.2) is 46.9 Å². The highest BCUT2D eigenvalue weighted by Gasteiger charge is 2.19. The quantitative estimate of drug-likeness (QED) is 0.688. The molecule has 5 heteroatoms. The van der Waals surface area contributed by atoms with Gasteiger partial charge >= 0.3 is 5.97 Å². The van der Waals surface area contributed by atoms with Gasteiger partial charge in [0.1, 0.15) is 12.2 Å². The summed E-state index contributed by atoms with van der Waals surface area (Å²) in [6, 6.07) is 13.0. The molecule has 0 aliphatic carbocycles. The second kappa shape index (κ2) is 5.35. The van der Waals surface area contributed by atoms with Gasteiger partial charge in [-0.25, -0.2) is 4.79 Å². The smallest absolute Gasteiger partial charge is 0.374 e. The molecule has 0 N–H and O–H groups in total. The van der Waals surface area contributed by atoms with Gasteiger partial charge in [-0.05, 0) is 30.7 Å².